The lowest BCUT2D eigenvalue weighted by atomic mass is 10.0. The van der Waals surface area contributed by atoms with Crippen LogP contribution in [0.15, 0.2) is 30.3 Å². The molecule has 0 heterocycles. The summed E-state index contributed by atoms with van der Waals surface area (Å²) in [6.07, 6.45) is -4.63. The lowest BCUT2D eigenvalue weighted by molar-refractivity contribution is -0.266. The largest absolute Gasteiger partial charge is 0.872 e. The molecule has 0 aromatic heterocycles. The lowest BCUT2D eigenvalue weighted by Crippen LogP contribution is -2.08. The van der Waals surface area contributed by atoms with Crippen molar-refractivity contribution >= 4 is 16.7 Å². The Kier molecular flexibility index (Phi) is 2.65. The van der Waals surface area contributed by atoms with Crippen LogP contribution in [0, 0.1) is 0 Å². The molecular weight excluding hydrogens is 249 g/mol. The van der Waals surface area contributed by atoms with Gasteiger partial charge in [0.15, 0.2) is 0 Å². The molecule has 0 amide bonds. The first-order valence-corrected chi connectivity index (χ1v) is 4.85. The van der Waals surface area contributed by atoms with Gasteiger partial charge in [-0.25, -0.2) is 4.79 Å². The highest BCUT2D eigenvalue weighted by molar-refractivity contribution is 6.06. The zero-order valence-corrected chi connectivity index (χ0v) is 8.78. The maximum atomic E-state index is 12.5. The fourth-order valence-corrected chi connectivity index (χ4v) is 1.73. The number of hydrogen-bond donors (Lipinski definition) is 1. The van der Waals surface area contributed by atoms with E-state index in [4.69, 9.17) is 5.11 Å². The van der Waals surface area contributed by atoms with Crippen LogP contribution in [0.2, 0.25) is 0 Å². The molecule has 6 heteroatoms. The Balaban J connectivity index is 2.81. The smallest absolute Gasteiger partial charge is 0.416 e. The van der Waals surface area contributed by atoms with Gasteiger partial charge >= 0.3 is 12.1 Å². The Morgan fingerprint density at radius 2 is 1.89 bits per heavy atom. The number of benzene rings is 2. The predicted molar refractivity (Wildman–Crippen MR) is 55.4 cm³/mol. The van der Waals surface area contributed by atoms with Gasteiger partial charge in [0.2, 0.25) is 0 Å². The monoisotopic (exact) mass is 255 g/mol. The fraction of sp³-hybridized carbons (Fsp3) is 0.0833. The number of carboxylic acids is 1. The van der Waals surface area contributed by atoms with Crippen LogP contribution in [0.5, 0.6) is 5.75 Å². The van der Waals surface area contributed by atoms with Gasteiger partial charge in [0.25, 0.3) is 0 Å². The summed E-state index contributed by atoms with van der Waals surface area (Å²) in [5.74, 6) is -2.30. The van der Waals surface area contributed by atoms with Gasteiger partial charge in [-0.2, -0.15) is 13.2 Å². The van der Waals surface area contributed by atoms with E-state index in [2.05, 4.69) is 0 Å². The van der Waals surface area contributed by atoms with Gasteiger partial charge < -0.3 is 10.2 Å². The third-order valence-electron chi connectivity index (χ3n) is 2.50. The maximum absolute atomic E-state index is 12.5. The van der Waals surface area contributed by atoms with E-state index in [9.17, 15) is 23.1 Å². The standard InChI is InChI=1S/C12H7F3O3/c13-12(14,15)7-4-6-2-1-3-8(11(17)18)10(6)9(16)5-7/h1-5,16H,(H,17,18)/p-1. The highest BCUT2D eigenvalue weighted by Crippen LogP contribution is 2.36. The number of hydrogen-bond acceptors (Lipinski definition) is 2. The van der Waals surface area contributed by atoms with E-state index in [1.165, 1.54) is 18.2 Å². The van der Waals surface area contributed by atoms with Crippen molar-refractivity contribution in [1.82, 2.24) is 0 Å². The molecule has 0 bridgehead atoms. The molecular formula is C12H6F3O3-. The van der Waals surface area contributed by atoms with Gasteiger partial charge in [0.05, 0.1) is 11.1 Å². The van der Waals surface area contributed by atoms with E-state index in [0.29, 0.717) is 6.07 Å². The van der Waals surface area contributed by atoms with Crippen molar-refractivity contribution in [3.63, 3.8) is 0 Å². The van der Waals surface area contributed by atoms with Gasteiger partial charge in [0, 0.05) is 0 Å². The van der Waals surface area contributed by atoms with Gasteiger partial charge in [0.1, 0.15) is 0 Å². The second kappa shape index (κ2) is 3.90. The molecule has 0 aliphatic rings. The van der Waals surface area contributed by atoms with Crippen molar-refractivity contribution in [2.75, 3.05) is 0 Å². The molecule has 0 saturated heterocycles. The van der Waals surface area contributed by atoms with Crippen LogP contribution in [0.1, 0.15) is 15.9 Å². The summed E-state index contributed by atoms with van der Waals surface area (Å²) in [6, 6.07) is 4.93. The minimum atomic E-state index is -4.63. The molecule has 0 radical (unpaired) electrons. The number of rotatable bonds is 1. The van der Waals surface area contributed by atoms with Gasteiger partial charge in [-0.05, 0) is 22.9 Å². The highest BCUT2D eigenvalue weighted by atomic mass is 19.4. The first-order chi connectivity index (χ1) is 8.30. The molecule has 0 aliphatic carbocycles. The Morgan fingerprint density at radius 1 is 1.22 bits per heavy atom. The zero-order valence-electron chi connectivity index (χ0n) is 8.78. The van der Waals surface area contributed by atoms with E-state index in [1.54, 1.807) is 0 Å². The van der Waals surface area contributed by atoms with Gasteiger partial charge in [-0.3, -0.25) is 0 Å². The molecule has 2 rings (SSSR count). The normalized spacial score (nSPS) is 11.7. The van der Waals surface area contributed by atoms with Crippen molar-refractivity contribution in [2.45, 2.75) is 6.18 Å². The van der Waals surface area contributed by atoms with E-state index in [0.717, 1.165) is 6.07 Å². The van der Waals surface area contributed by atoms with Crippen LogP contribution in [-0.4, -0.2) is 11.1 Å². The average Bonchev–Trinajstić information content (AvgIpc) is 2.26. The van der Waals surface area contributed by atoms with Crippen molar-refractivity contribution in [1.29, 1.82) is 0 Å². The van der Waals surface area contributed by atoms with E-state index in [1.807, 2.05) is 0 Å². The fourth-order valence-electron chi connectivity index (χ4n) is 1.73. The molecule has 1 N–H and O–H groups in total. The van der Waals surface area contributed by atoms with E-state index in [-0.39, 0.29) is 16.3 Å². The van der Waals surface area contributed by atoms with E-state index >= 15 is 0 Å². The number of alkyl halides is 3. The molecule has 3 nitrogen and oxygen atoms in total. The van der Waals surface area contributed by atoms with Crippen molar-refractivity contribution in [2.24, 2.45) is 0 Å². The van der Waals surface area contributed by atoms with E-state index < -0.39 is 23.5 Å². The van der Waals surface area contributed by atoms with Crippen LogP contribution in [0.3, 0.4) is 0 Å². The third kappa shape index (κ3) is 1.97. The molecule has 18 heavy (non-hydrogen) atoms. The first-order valence-electron chi connectivity index (χ1n) is 4.85. The summed E-state index contributed by atoms with van der Waals surface area (Å²) in [4.78, 5) is 10.9. The Hall–Kier alpha value is -2.24. The Bertz CT molecular complexity index is 632. The second-order valence-corrected chi connectivity index (χ2v) is 3.68. The lowest BCUT2D eigenvalue weighted by Gasteiger charge is -2.16. The van der Waals surface area contributed by atoms with Crippen LogP contribution in [0.4, 0.5) is 13.2 Å². The SMILES string of the molecule is O=C(O)c1cccc2cc(C(F)(F)F)cc([O-])c12. The van der Waals surface area contributed by atoms with Crippen LogP contribution >= 0.6 is 0 Å². The molecule has 0 saturated carbocycles. The summed E-state index contributed by atoms with van der Waals surface area (Å²) >= 11 is 0. The molecule has 0 fully saturated rings. The highest BCUT2D eigenvalue weighted by Gasteiger charge is 2.30. The molecule has 0 aliphatic heterocycles. The van der Waals surface area contributed by atoms with Gasteiger partial charge in [-0.15, -0.1) is 0 Å². The third-order valence-corrected chi connectivity index (χ3v) is 2.50. The number of fused-ring (bicyclic) bond motifs is 1. The number of aromatic carboxylic acids is 1. The van der Waals surface area contributed by atoms with Crippen molar-refractivity contribution in [3.8, 4) is 5.75 Å². The minimum Gasteiger partial charge on any atom is -0.872 e. The molecule has 0 unspecified atom stereocenters. The van der Waals surface area contributed by atoms with Crippen LogP contribution in [0.25, 0.3) is 10.8 Å². The molecule has 94 valence electrons. The minimum absolute atomic E-state index is 0.0327. The number of halogens is 3. The summed E-state index contributed by atoms with van der Waals surface area (Å²) < 4.78 is 37.5. The average molecular weight is 255 g/mol. The summed E-state index contributed by atoms with van der Waals surface area (Å²) in [7, 11) is 0. The zero-order chi connectivity index (χ0) is 13.5. The first kappa shape index (κ1) is 12.2. The molecule has 2 aromatic carbocycles. The number of carboxylic acid groups (broad SMARTS) is 1. The van der Waals surface area contributed by atoms with Crippen molar-refractivity contribution in [3.05, 3.63) is 41.5 Å². The van der Waals surface area contributed by atoms with Crippen LogP contribution < -0.4 is 5.11 Å². The summed E-state index contributed by atoms with van der Waals surface area (Å²) in [6.45, 7) is 0. The number of carbonyl (C=O) groups is 1. The second-order valence-electron chi connectivity index (χ2n) is 3.68. The molecule has 0 spiro atoms. The quantitative estimate of drug-likeness (QED) is 0.852. The van der Waals surface area contributed by atoms with Crippen LogP contribution in [-0.2, 0) is 6.18 Å². The molecule has 2 aromatic rings. The maximum Gasteiger partial charge on any atom is 0.416 e. The van der Waals surface area contributed by atoms with Gasteiger partial charge in [-0.1, -0.05) is 23.9 Å². The topological polar surface area (TPSA) is 60.4 Å². The summed E-state index contributed by atoms with van der Waals surface area (Å²) in [5, 5.41) is 20.2. The Morgan fingerprint density at radius 3 is 2.44 bits per heavy atom. The van der Waals surface area contributed by atoms with Crippen molar-refractivity contribution < 1.29 is 28.2 Å². The predicted octanol–water partition coefficient (Wildman–Crippen LogP) is 2.63. The molecule has 0 atom stereocenters. The summed E-state index contributed by atoms with van der Waals surface area (Å²) in [5.41, 5.74) is -1.38. The Labute approximate surface area is 99.1 Å².